The summed E-state index contributed by atoms with van der Waals surface area (Å²) in [6.07, 6.45) is 2.09. The number of hydrogen-bond donors (Lipinski definition) is 2. The monoisotopic (exact) mass is 186 g/mol. The second kappa shape index (κ2) is 7.76. The van der Waals surface area contributed by atoms with Crippen LogP contribution in [0, 0.1) is 0 Å². The van der Waals surface area contributed by atoms with Gasteiger partial charge in [-0.1, -0.05) is 11.6 Å². The van der Waals surface area contributed by atoms with E-state index >= 15 is 0 Å². The standard InChI is InChI=1S/C9H18N2O2/c1-8(2)3-4-11-5-6-13-7-9(10)12/h3,11H,4-7H2,1-2H3,(H2,10,12). The molecule has 3 N–H and O–H groups in total. The van der Waals surface area contributed by atoms with Crippen LogP contribution in [0.25, 0.3) is 0 Å². The van der Waals surface area contributed by atoms with Crippen LogP contribution in [0.15, 0.2) is 11.6 Å². The van der Waals surface area contributed by atoms with Crippen molar-refractivity contribution in [1.82, 2.24) is 5.32 Å². The first-order chi connectivity index (χ1) is 6.13. The van der Waals surface area contributed by atoms with E-state index in [1.54, 1.807) is 0 Å². The minimum Gasteiger partial charge on any atom is -0.370 e. The highest BCUT2D eigenvalue weighted by Crippen LogP contribution is 1.84. The van der Waals surface area contributed by atoms with E-state index in [-0.39, 0.29) is 6.61 Å². The average molecular weight is 186 g/mol. The fourth-order valence-electron chi connectivity index (χ4n) is 0.695. The van der Waals surface area contributed by atoms with Crippen molar-refractivity contribution < 1.29 is 9.53 Å². The molecule has 0 fully saturated rings. The van der Waals surface area contributed by atoms with Crippen LogP contribution in [0.3, 0.4) is 0 Å². The molecule has 13 heavy (non-hydrogen) atoms. The second-order valence-electron chi connectivity index (χ2n) is 3.00. The first-order valence-corrected chi connectivity index (χ1v) is 4.33. The Bertz CT molecular complexity index is 174. The van der Waals surface area contributed by atoms with Crippen molar-refractivity contribution in [3.05, 3.63) is 11.6 Å². The Morgan fingerprint density at radius 1 is 1.54 bits per heavy atom. The van der Waals surface area contributed by atoms with Crippen LogP contribution in [0.5, 0.6) is 0 Å². The quantitative estimate of drug-likeness (QED) is 0.436. The average Bonchev–Trinajstić information content (AvgIpc) is 2.01. The highest BCUT2D eigenvalue weighted by molar-refractivity contribution is 5.74. The number of rotatable bonds is 7. The molecule has 0 aliphatic heterocycles. The van der Waals surface area contributed by atoms with E-state index in [2.05, 4.69) is 11.4 Å². The van der Waals surface area contributed by atoms with Crippen LogP contribution in [-0.2, 0) is 9.53 Å². The van der Waals surface area contributed by atoms with Gasteiger partial charge < -0.3 is 15.8 Å². The van der Waals surface area contributed by atoms with E-state index in [9.17, 15) is 4.79 Å². The summed E-state index contributed by atoms with van der Waals surface area (Å²) in [6.45, 7) is 6.18. The molecule has 76 valence electrons. The topological polar surface area (TPSA) is 64.3 Å². The summed E-state index contributed by atoms with van der Waals surface area (Å²) < 4.78 is 4.94. The van der Waals surface area contributed by atoms with Gasteiger partial charge in [-0.15, -0.1) is 0 Å². The third kappa shape index (κ3) is 11.1. The number of amides is 1. The van der Waals surface area contributed by atoms with Crippen molar-refractivity contribution in [3.8, 4) is 0 Å². The molecule has 0 heterocycles. The number of nitrogens with two attached hydrogens (primary N) is 1. The highest BCUT2D eigenvalue weighted by atomic mass is 16.5. The number of nitrogens with one attached hydrogen (secondary N) is 1. The first kappa shape index (κ1) is 12.1. The molecular weight excluding hydrogens is 168 g/mol. The summed E-state index contributed by atoms with van der Waals surface area (Å²) in [6, 6.07) is 0. The summed E-state index contributed by atoms with van der Waals surface area (Å²) in [5.74, 6) is -0.427. The van der Waals surface area contributed by atoms with Gasteiger partial charge in [-0.2, -0.15) is 0 Å². The lowest BCUT2D eigenvalue weighted by molar-refractivity contribution is -0.122. The Balaban J connectivity index is 3.09. The van der Waals surface area contributed by atoms with Gasteiger partial charge in [0, 0.05) is 13.1 Å². The molecule has 0 aromatic rings. The molecular formula is C9H18N2O2. The predicted molar refractivity (Wildman–Crippen MR) is 52.3 cm³/mol. The van der Waals surface area contributed by atoms with Crippen LogP contribution >= 0.6 is 0 Å². The number of primary amides is 1. The molecule has 0 radical (unpaired) electrons. The van der Waals surface area contributed by atoms with Crippen LogP contribution < -0.4 is 11.1 Å². The normalized spacial score (nSPS) is 9.69. The maximum Gasteiger partial charge on any atom is 0.243 e. The largest absolute Gasteiger partial charge is 0.370 e. The van der Waals surface area contributed by atoms with Crippen molar-refractivity contribution in [3.63, 3.8) is 0 Å². The molecule has 0 aromatic heterocycles. The number of carbonyl (C=O) groups is 1. The van der Waals surface area contributed by atoms with E-state index in [4.69, 9.17) is 10.5 Å². The number of carbonyl (C=O) groups excluding carboxylic acids is 1. The van der Waals surface area contributed by atoms with Crippen molar-refractivity contribution in [1.29, 1.82) is 0 Å². The summed E-state index contributed by atoms with van der Waals surface area (Å²) in [5, 5.41) is 3.14. The zero-order valence-corrected chi connectivity index (χ0v) is 8.30. The Hall–Kier alpha value is -0.870. The molecule has 0 aliphatic carbocycles. The smallest absolute Gasteiger partial charge is 0.243 e. The molecule has 4 nitrogen and oxygen atoms in total. The van der Waals surface area contributed by atoms with Gasteiger partial charge in [0.1, 0.15) is 6.61 Å². The molecule has 0 atom stereocenters. The molecule has 4 heteroatoms. The minimum absolute atomic E-state index is 0.00429. The van der Waals surface area contributed by atoms with Crippen LogP contribution in [0.1, 0.15) is 13.8 Å². The molecule has 1 amide bonds. The highest BCUT2D eigenvalue weighted by Gasteiger charge is 1.92. The summed E-state index contributed by atoms with van der Waals surface area (Å²) in [5.41, 5.74) is 6.16. The number of ether oxygens (including phenoxy) is 1. The molecule has 0 saturated heterocycles. The Labute approximate surface area is 79.1 Å². The minimum atomic E-state index is -0.427. The van der Waals surface area contributed by atoms with E-state index < -0.39 is 5.91 Å². The molecule has 0 spiro atoms. The second-order valence-corrected chi connectivity index (χ2v) is 3.00. The molecule has 0 unspecified atom stereocenters. The predicted octanol–water partition coefficient (Wildman–Crippen LogP) is 0.0441. The van der Waals surface area contributed by atoms with E-state index in [0.29, 0.717) is 6.61 Å². The van der Waals surface area contributed by atoms with Gasteiger partial charge in [0.25, 0.3) is 0 Å². The van der Waals surface area contributed by atoms with Gasteiger partial charge in [0.15, 0.2) is 0 Å². The van der Waals surface area contributed by atoms with Gasteiger partial charge in [-0.05, 0) is 13.8 Å². The number of allylic oxidation sites excluding steroid dienone is 1. The molecule has 0 saturated carbocycles. The van der Waals surface area contributed by atoms with Crippen molar-refractivity contribution in [2.24, 2.45) is 5.73 Å². The van der Waals surface area contributed by atoms with Gasteiger partial charge in [-0.25, -0.2) is 0 Å². The lowest BCUT2D eigenvalue weighted by Gasteiger charge is -2.02. The molecule has 0 aromatic carbocycles. The van der Waals surface area contributed by atoms with Crippen molar-refractivity contribution in [2.45, 2.75) is 13.8 Å². The van der Waals surface area contributed by atoms with Gasteiger partial charge in [0.2, 0.25) is 5.91 Å². The summed E-state index contributed by atoms with van der Waals surface area (Å²) in [4.78, 5) is 10.2. The summed E-state index contributed by atoms with van der Waals surface area (Å²) >= 11 is 0. The van der Waals surface area contributed by atoms with E-state index in [1.807, 2.05) is 13.8 Å². The van der Waals surface area contributed by atoms with Crippen LogP contribution in [-0.4, -0.2) is 32.2 Å². The summed E-state index contributed by atoms with van der Waals surface area (Å²) in [7, 11) is 0. The lowest BCUT2D eigenvalue weighted by atomic mass is 10.3. The first-order valence-electron chi connectivity index (χ1n) is 4.33. The third-order valence-electron chi connectivity index (χ3n) is 1.32. The van der Waals surface area contributed by atoms with Crippen molar-refractivity contribution >= 4 is 5.91 Å². The van der Waals surface area contributed by atoms with Crippen LogP contribution in [0.4, 0.5) is 0 Å². The fraction of sp³-hybridized carbons (Fsp3) is 0.667. The van der Waals surface area contributed by atoms with Gasteiger partial charge >= 0.3 is 0 Å². The van der Waals surface area contributed by atoms with Crippen LogP contribution in [0.2, 0.25) is 0 Å². The van der Waals surface area contributed by atoms with Crippen molar-refractivity contribution in [2.75, 3.05) is 26.3 Å². The number of hydrogen-bond acceptors (Lipinski definition) is 3. The Morgan fingerprint density at radius 3 is 2.77 bits per heavy atom. The molecule has 0 rings (SSSR count). The van der Waals surface area contributed by atoms with E-state index in [0.717, 1.165) is 13.1 Å². The maximum atomic E-state index is 10.2. The zero-order valence-electron chi connectivity index (χ0n) is 8.30. The zero-order chi connectivity index (χ0) is 10.1. The lowest BCUT2D eigenvalue weighted by Crippen LogP contribution is -2.24. The fourth-order valence-corrected chi connectivity index (χ4v) is 0.695. The van der Waals surface area contributed by atoms with E-state index in [1.165, 1.54) is 5.57 Å². The molecule has 0 bridgehead atoms. The Morgan fingerprint density at radius 2 is 2.23 bits per heavy atom. The molecule has 0 aliphatic rings. The van der Waals surface area contributed by atoms with Gasteiger partial charge in [0.05, 0.1) is 6.61 Å². The Kier molecular flexibility index (Phi) is 7.24. The maximum absolute atomic E-state index is 10.2. The SMILES string of the molecule is CC(C)=CCNCCOCC(N)=O. The van der Waals surface area contributed by atoms with Gasteiger partial charge in [-0.3, -0.25) is 4.79 Å². The third-order valence-corrected chi connectivity index (χ3v) is 1.32.